The third-order valence-corrected chi connectivity index (χ3v) is 5.12. The standard InChI is InChI=1S/C22H26FN3O2/c1-15(2)19-6-4-5-16(3)20(19)24-21(27)22(28)26-13-11-25(12-14-26)18-9-7-17(23)8-10-18/h4-10,15H,11-14H2,1-3H3,(H,24,27). The summed E-state index contributed by atoms with van der Waals surface area (Å²) in [6.07, 6.45) is 0. The number of aryl methyl sites for hydroxylation is 1. The first-order valence-electron chi connectivity index (χ1n) is 9.57. The number of piperazine rings is 1. The van der Waals surface area contributed by atoms with Gasteiger partial charge in [0.05, 0.1) is 0 Å². The molecule has 6 heteroatoms. The van der Waals surface area contributed by atoms with Gasteiger partial charge in [-0.2, -0.15) is 0 Å². The number of hydrogen-bond donors (Lipinski definition) is 1. The van der Waals surface area contributed by atoms with Crippen LogP contribution in [0.25, 0.3) is 0 Å². The number of halogens is 1. The van der Waals surface area contributed by atoms with Gasteiger partial charge < -0.3 is 15.1 Å². The van der Waals surface area contributed by atoms with Gasteiger partial charge in [-0.05, 0) is 48.2 Å². The molecule has 1 N–H and O–H groups in total. The molecule has 3 rings (SSSR count). The van der Waals surface area contributed by atoms with Crippen molar-refractivity contribution < 1.29 is 14.0 Å². The Kier molecular flexibility index (Phi) is 5.97. The lowest BCUT2D eigenvalue weighted by Gasteiger charge is -2.35. The van der Waals surface area contributed by atoms with Crippen LogP contribution in [0.15, 0.2) is 42.5 Å². The molecule has 0 atom stereocenters. The molecule has 5 nitrogen and oxygen atoms in total. The predicted molar refractivity (Wildman–Crippen MR) is 109 cm³/mol. The Labute approximate surface area is 165 Å². The molecule has 0 radical (unpaired) electrons. The molecule has 0 aromatic heterocycles. The van der Waals surface area contributed by atoms with Gasteiger partial charge in [0, 0.05) is 37.6 Å². The van der Waals surface area contributed by atoms with Gasteiger partial charge in [0.1, 0.15) is 5.82 Å². The van der Waals surface area contributed by atoms with Gasteiger partial charge in [-0.15, -0.1) is 0 Å². The van der Waals surface area contributed by atoms with Crippen LogP contribution in [0.2, 0.25) is 0 Å². The minimum Gasteiger partial charge on any atom is -0.368 e. The Morgan fingerprint density at radius 3 is 2.25 bits per heavy atom. The van der Waals surface area contributed by atoms with Gasteiger partial charge in [0.25, 0.3) is 0 Å². The van der Waals surface area contributed by atoms with Crippen molar-refractivity contribution in [3.8, 4) is 0 Å². The van der Waals surface area contributed by atoms with Gasteiger partial charge in [-0.1, -0.05) is 32.0 Å². The van der Waals surface area contributed by atoms with Crippen LogP contribution in [0.1, 0.15) is 30.9 Å². The zero-order valence-electron chi connectivity index (χ0n) is 16.5. The number of carbonyl (C=O) groups is 2. The van der Waals surface area contributed by atoms with Gasteiger partial charge in [0.2, 0.25) is 0 Å². The Hall–Kier alpha value is -2.89. The number of anilines is 2. The number of rotatable bonds is 3. The lowest BCUT2D eigenvalue weighted by atomic mass is 9.98. The number of para-hydroxylation sites is 1. The van der Waals surface area contributed by atoms with E-state index in [0.717, 1.165) is 22.5 Å². The van der Waals surface area contributed by atoms with Gasteiger partial charge >= 0.3 is 11.8 Å². The number of nitrogens with zero attached hydrogens (tertiary/aromatic N) is 2. The molecule has 1 heterocycles. The topological polar surface area (TPSA) is 52.7 Å². The molecule has 2 aromatic carbocycles. The second kappa shape index (κ2) is 8.42. The van der Waals surface area contributed by atoms with E-state index in [-0.39, 0.29) is 11.7 Å². The molecule has 0 aliphatic carbocycles. The van der Waals surface area contributed by atoms with Crippen molar-refractivity contribution in [2.75, 3.05) is 36.4 Å². The SMILES string of the molecule is Cc1cccc(C(C)C)c1NC(=O)C(=O)N1CCN(c2ccc(F)cc2)CC1. The van der Waals surface area contributed by atoms with Crippen LogP contribution in [0.5, 0.6) is 0 Å². The molecule has 2 aromatic rings. The summed E-state index contributed by atoms with van der Waals surface area (Å²) in [5.41, 5.74) is 3.59. The normalized spacial score (nSPS) is 14.3. The maximum Gasteiger partial charge on any atom is 0.313 e. The molecule has 0 bridgehead atoms. The summed E-state index contributed by atoms with van der Waals surface area (Å²) < 4.78 is 13.1. The predicted octanol–water partition coefficient (Wildman–Crippen LogP) is 3.54. The Morgan fingerprint density at radius 2 is 1.64 bits per heavy atom. The summed E-state index contributed by atoms with van der Waals surface area (Å²) in [6, 6.07) is 12.2. The molecular weight excluding hydrogens is 357 g/mol. The molecule has 1 aliphatic heterocycles. The van der Waals surface area contributed by atoms with Crippen molar-refractivity contribution in [1.82, 2.24) is 4.90 Å². The van der Waals surface area contributed by atoms with Crippen molar-refractivity contribution in [3.63, 3.8) is 0 Å². The number of nitrogens with one attached hydrogen (secondary N) is 1. The molecule has 1 fully saturated rings. The van der Waals surface area contributed by atoms with Crippen LogP contribution >= 0.6 is 0 Å². The highest BCUT2D eigenvalue weighted by Crippen LogP contribution is 2.27. The summed E-state index contributed by atoms with van der Waals surface area (Å²) >= 11 is 0. The second-order valence-corrected chi connectivity index (χ2v) is 7.40. The zero-order chi connectivity index (χ0) is 20.3. The second-order valence-electron chi connectivity index (χ2n) is 7.40. The summed E-state index contributed by atoms with van der Waals surface area (Å²) in [6.45, 7) is 8.15. The minimum atomic E-state index is -0.605. The van der Waals surface area contributed by atoms with Gasteiger partial charge in [0.15, 0.2) is 0 Å². The Bertz CT molecular complexity index is 857. The van der Waals surface area contributed by atoms with Gasteiger partial charge in [-0.25, -0.2) is 4.39 Å². The lowest BCUT2D eigenvalue weighted by Crippen LogP contribution is -2.51. The fourth-order valence-corrected chi connectivity index (χ4v) is 3.47. The zero-order valence-corrected chi connectivity index (χ0v) is 16.5. The van der Waals surface area contributed by atoms with E-state index in [9.17, 15) is 14.0 Å². The fraction of sp³-hybridized carbons (Fsp3) is 0.364. The maximum atomic E-state index is 13.1. The minimum absolute atomic E-state index is 0.240. The third-order valence-electron chi connectivity index (χ3n) is 5.12. The molecule has 28 heavy (non-hydrogen) atoms. The molecule has 2 amide bonds. The average molecular weight is 383 g/mol. The van der Waals surface area contributed by atoms with Crippen LogP contribution in [-0.2, 0) is 9.59 Å². The van der Waals surface area contributed by atoms with Crippen LogP contribution in [0.4, 0.5) is 15.8 Å². The molecule has 0 spiro atoms. The molecule has 1 aliphatic rings. The number of carbonyl (C=O) groups excluding carboxylic acids is 2. The first-order chi connectivity index (χ1) is 13.4. The average Bonchev–Trinajstić information content (AvgIpc) is 2.69. The molecular formula is C22H26FN3O2. The fourth-order valence-electron chi connectivity index (χ4n) is 3.47. The van der Waals surface area contributed by atoms with E-state index >= 15 is 0 Å². The highest BCUT2D eigenvalue weighted by atomic mass is 19.1. The van der Waals surface area contributed by atoms with Crippen LogP contribution in [-0.4, -0.2) is 42.9 Å². The smallest absolute Gasteiger partial charge is 0.313 e. The van der Waals surface area contributed by atoms with Crippen LogP contribution in [0.3, 0.4) is 0 Å². The quantitative estimate of drug-likeness (QED) is 0.825. The van der Waals surface area contributed by atoms with Crippen LogP contribution < -0.4 is 10.2 Å². The Balaban J connectivity index is 1.63. The van der Waals surface area contributed by atoms with Crippen molar-refractivity contribution in [1.29, 1.82) is 0 Å². The van der Waals surface area contributed by atoms with Crippen LogP contribution in [0, 0.1) is 12.7 Å². The summed E-state index contributed by atoms with van der Waals surface area (Å²) in [5, 5.41) is 2.82. The number of hydrogen-bond acceptors (Lipinski definition) is 3. The third kappa shape index (κ3) is 4.32. The molecule has 0 unspecified atom stereocenters. The molecule has 0 saturated carbocycles. The highest BCUT2D eigenvalue weighted by Gasteiger charge is 2.27. The Morgan fingerprint density at radius 1 is 1.00 bits per heavy atom. The molecule has 148 valence electrons. The van der Waals surface area contributed by atoms with Crippen molar-refractivity contribution >= 4 is 23.2 Å². The van der Waals surface area contributed by atoms with Crippen molar-refractivity contribution in [3.05, 3.63) is 59.4 Å². The lowest BCUT2D eigenvalue weighted by molar-refractivity contribution is -0.143. The van der Waals surface area contributed by atoms with E-state index in [0.29, 0.717) is 26.2 Å². The van der Waals surface area contributed by atoms with E-state index in [1.165, 1.54) is 12.1 Å². The largest absolute Gasteiger partial charge is 0.368 e. The van der Waals surface area contributed by atoms with E-state index < -0.39 is 11.8 Å². The molecule has 1 saturated heterocycles. The first kappa shape index (κ1) is 19.9. The van der Waals surface area contributed by atoms with Gasteiger partial charge in [-0.3, -0.25) is 9.59 Å². The number of benzene rings is 2. The number of amides is 2. The van der Waals surface area contributed by atoms with E-state index in [4.69, 9.17) is 0 Å². The summed E-state index contributed by atoms with van der Waals surface area (Å²) in [7, 11) is 0. The summed E-state index contributed by atoms with van der Waals surface area (Å²) in [5.74, 6) is -1.15. The highest BCUT2D eigenvalue weighted by molar-refractivity contribution is 6.39. The first-order valence-corrected chi connectivity index (χ1v) is 9.57. The van der Waals surface area contributed by atoms with Crippen molar-refractivity contribution in [2.24, 2.45) is 0 Å². The monoisotopic (exact) mass is 383 g/mol. The van der Waals surface area contributed by atoms with Crippen molar-refractivity contribution in [2.45, 2.75) is 26.7 Å². The maximum absolute atomic E-state index is 13.1. The van der Waals surface area contributed by atoms with E-state index in [2.05, 4.69) is 24.1 Å². The van der Waals surface area contributed by atoms with E-state index in [1.54, 1.807) is 17.0 Å². The van der Waals surface area contributed by atoms with E-state index in [1.807, 2.05) is 25.1 Å². The summed E-state index contributed by atoms with van der Waals surface area (Å²) in [4.78, 5) is 28.9.